The minimum atomic E-state index is -0.129. The molecule has 11 heavy (non-hydrogen) atoms. The van der Waals surface area contributed by atoms with Gasteiger partial charge in [0.2, 0.25) is 0 Å². The molecule has 2 aliphatic carbocycles. The number of hydrogen-bond donors (Lipinski definition) is 0. The summed E-state index contributed by atoms with van der Waals surface area (Å²) in [4.78, 5) is 22.0. The molecule has 2 nitrogen and oxygen atoms in total. The average molecular weight is 152 g/mol. The van der Waals surface area contributed by atoms with Gasteiger partial charge in [0, 0.05) is 12.8 Å². The Labute approximate surface area is 66.0 Å². The highest BCUT2D eigenvalue weighted by Gasteiger charge is 2.38. The number of ketones is 2. The third-order valence-electron chi connectivity index (χ3n) is 2.86. The Morgan fingerprint density at radius 1 is 0.909 bits per heavy atom. The number of hydrogen-bond acceptors (Lipinski definition) is 2. The number of rotatable bonds is 0. The van der Waals surface area contributed by atoms with Gasteiger partial charge in [-0.25, -0.2) is 0 Å². The highest BCUT2D eigenvalue weighted by atomic mass is 16.2. The van der Waals surface area contributed by atoms with Gasteiger partial charge in [-0.1, -0.05) is 0 Å². The maximum Gasteiger partial charge on any atom is 0.198 e. The summed E-state index contributed by atoms with van der Waals surface area (Å²) in [5.74, 6) is 1.31. The van der Waals surface area contributed by atoms with Crippen molar-refractivity contribution in [2.24, 2.45) is 11.8 Å². The molecule has 0 bridgehead atoms. The zero-order valence-electron chi connectivity index (χ0n) is 6.51. The van der Waals surface area contributed by atoms with Gasteiger partial charge in [-0.3, -0.25) is 9.59 Å². The van der Waals surface area contributed by atoms with Crippen molar-refractivity contribution in [3.05, 3.63) is 0 Å². The van der Waals surface area contributed by atoms with Gasteiger partial charge in [-0.05, 0) is 31.1 Å². The maximum absolute atomic E-state index is 11.0. The van der Waals surface area contributed by atoms with Crippen LogP contribution in [0.4, 0.5) is 0 Å². The molecule has 0 saturated heterocycles. The van der Waals surface area contributed by atoms with Crippen molar-refractivity contribution < 1.29 is 9.59 Å². The molecule has 60 valence electrons. The molecule has 2 fully saturated rings. The second kappa shape index (κ2) is 2.43. The predicted molar refractivity (Wildman–Crippen MR) is 40.1 cm³/mol. The van der Waals surface area contributed by atoms with Crippen LogP contribution in [0.5, 0.6) is 0 Å². The molecule has 0 unspecified atom stereocenters. The molecule has 0 heterocycles. The molecule has 0 radical (unpaired) electrons. The van der Waals surface area contributed by atoms with Gasteiger partial charge in [-0.2, -0.15) is 0 Å². The lowest BCUT2D eigenvalue weighted by Gasteiger charge is -2.04. The predicted octanol–water partition coefficient (Wildman–Crippen LogP) is 1.33. The van der Waals surface area contributed by atoms with E-state index in [2.05, 4.69) is 0 Å². The van der Waals surface area contributed by atoms with Crippen molar-refractivity contribution in [3.63, 3.8) is 0 Å². The fourth-order valence-electron chi connectivity index (χ4n) is 1.93. The largest absolute Gasteiger partial charge is 0.291 e. The fourth-order valence-corrected chi connectivity index (χ4v) is 1.93. The average Bonchev–Trinajstić information content (AvgIpc) is 2.72. The summed E-state index contributed by atoms with van der Waals surface area (Å²) in [5, 5.41) is 0. The molecule has 2 atom stereocenters. The SMILES string of the molecule is O=C1CC[C@@H]2C[C@H]2CCC1=O. The summed E-state index contributed by atoms with van der Waals surface area (Å²) in [6.07, 6.45) is 4.23. The van der Waals surface area contributed by atoms with E-state index in [1.54, 1.807) is 0 Å². The van der Waals surface area contributed by atoms with Crippen LogP contribution in [-0.4, -0.2) is 11.6 Å². The van der Waals surface area contributed by atoms with E-state index < -0.39 is 0 Å². The lowest BCUT2D eigenvalue weighted by atomic mass is 9.99. The Hall–Kier alpha value is -0.660. The van der Waals surface area contributed by atoms with E-state index in [1.807, 2.05) is 0 Å². The van der Waals surface area contributed by atoms with Crippen LogP contribution in [0.3, 0.4) is 0 Å². The number of carbonyl (C=O) groups is 2. The van der Waals surface area contributed by atoms with E-state index in [0.29, 0.717) is 12.8 Å². The van der Waals surface area contributed by atoms with Crippen molar-refractivity contribution >= 4 is 11.6 Å². The third-order valence-corrected chi connectivity index (χ3v) is 2.86. The van der Waals surface area contributed by atoms with E-state index >= 15 is 0 Å². The molecule has 0 spiro atoms. The van der Waals surface area contributed by atoms with Crippen LogP contribution in [0.15, 0.2) is 0 Å². The summed E-state index contributed by atoms with van der Waals surface area (Å²) in [6.45, 7) is 0. The molecule has 0 aromatic rings. The van der Waals surface area contributed by atoms with Crippen LogP contribution in [0.1, 0.15) is 32.1 Å². The summed E-state index contributed by atoms with van der Waals surface area (Å²) in [5.41, 5.74) is 0. The Morgan fingerprint density at radius 3 is 1.82 bits per heavy atom. The van der Waals surface area contributed by atoms with Gasteiger partial charge >= 0.3 is 0 Å². The van der Waals surface area contributed by atoms with Gasteiger partial charge in [-0.15, -0.1) is 0 Å². The van der Waals surface area contributed by atoms with E-state index in [9.17, 15) is 9.59 Å². The van der Waals surface area contributed by atoms with Crippen LogP contribution in [-0.2, 0) is 9.59 Å². The van der Waals surface area contributed by atoms with Crippen LogP contribution in [0.25, 0.3) is 0 Å². The quantitative estimate of drug-likeness (QED) is 0.491. The third kappa shape index (κ3) is 1.35. The second-order valence-electron chi connectivity index (χ2n) is 3.68. The van der Waals surface area contributed by atoms with Gasteiger partial charge in [0.1, 0.15) is 0 Å². The van der Waals surface area contributed by atoms with Gasteiger partial charge in [0.05, 0.1) is 0 Å². The van der Waals surface area contributed by atoms with Crippen LogP contribution >= 0.6 is 0 Å². The molecule has 0 N–H and O–H groups in total. The standard InChI is InChI=1S/C9H12O2/c10-8-3-1-6-5-7(6)2-4-9(8)11/h6-7H,1-5H2/t6-,7-/m1/s1. The van der Waals surface area contributed by atoms with E-state index in [-0.39, 0.29) is 11.6 Å². The maximum atomic E-state index is 11.0. The second-order valence-corrected chi connectivity index (χ2v) is 3.68. The first-order valence-corrected chi connectivity index (χ1v) is 4.33. The zero-order valence-corrected chi connectivity index (χ0v) is 6.51. The Bertz CT molecular complexity index is 186. The topological polar surface area (TPSA) is 34.1 Å². The minimum Gasteiger partial charge on any atom is -0.291 e. The van der Waals surface area contributed by atoms with Crippen molar-refractivity contribution in [3.8, 4) is 0 Å². The molecular weight excluding hydrogens is 140 g/mol. The highest BCUT2D eigenvalue weighted by Crippen LogP contribution is 2.46. The fraction of sp³-hybridized carbons (Fsp3) is 0.778. The first-order chi connectivity index (χ1) is 5.27. The highest BCUT2D eigenvalue weighted by molar-refractivity contribution is 6.37. The minimum absolute atomic E-state index is 0.129. The summed E-state index contributed by atoms with van der Waals surface area (Å²) in [7, 11) is 0. The molecule has 2 aliphatic rings. The molecule has 2 saturated carbocycles. The molecule has 0 aromatic heterocycles. The number of fused-ring (bicyclic) bond motifs is 1. The van der Waals surface area contributed by atoms with Crippen LogP contribution in [0, 0.1) is 11.8 Å². The molecule has 0 aliphatic heterocycles. The molecule has 0 amide bonds. The number of Topliss-reactive ketones (excluding diaryl/α,β-unsaturated/α-hetero) is 2. The van der Waals surface area contributed by atoms with Gasteiger partial charge in [0.25, 0.3) is 0 Å². The van der Waals surface area contributed by atoms with Gasteiger partial charge in [0.15, 0.2) is 11.6 Å². The summed E-state index contributed by atoms with van der Waals surface area (Å²) < 4.78 is 0. The smallest absolute Gasteiger partial charge is 0.198 e. The van der Waals surface area contributed by atoms with E-state index in [0.717, 1.165) is 24.7 Å². The van der Waals surface area contributed by atoms with E-state index in [1.165, 1.54) is 6.42 Å². The molecule has 2 rings (SSSR count). The summed E-state index contributed by atoms with van der Waals surface area (Å²) in [6, 6.07) is 0. The molecule has 2 heteroatoms. The van der Waals surface area contributed by atoms with Crippen LogP contribution in [0.2, 0.25) is 0 Å². The van der Waals surface area contributed by atoms with Crippen molar-refractivity contribution in [1.82, 2.24) is 0 Å². The summed E-state index contributed by atoms with van der Waals surface area (Å²) >= 11 is 0. The van der Waals surface area contributed by atoms with E-state index in [4.69, 9.17) is 0 Å². The Morgan fingerprint density at radius 2 is 1.36 bits per heavy atom. The molecular formula is C9H12O2. The van der Waals surface area contributed by atoms with Crippen molar-refractivity contribution in [1.29, 1.82) is 0 Å². The Balaban J connectivity index is 1.99. The monoisotopic (exact) mass is 152 g/mol. The van der Waals surface area contributed by atoms with Crippen molar-refractivity contribution in [2.75, 3.05) is 0 Å². The van der Waals surface area contributed by atoms with Crippen LogP contribution < -0.4 is 0 Å². The Kier molecular flexibility index (Phi) is 1.55. The number of carbonyl (C=O) groups excluding carboxylic acids is 2. The first-order valence-electron chi connectivity index (χ1n) is 4.33. The zero-order chi connectivity index (χ0) is 7.84. The molecule has 0 aromatic carbocycles. The van der Waals surface area contributed by atoms with Gasteiger partial charge < -0.3 is 0 Å². The lowest BCUT2D eigenvalue weighted by molar-refractivity contribution is -0.137. The first kappa shape index (κ1) is 7.01. The normalized spacial score (nSPS) is 37.5. The van der Waals surface area contributed by atoms with Crippen molar-refractivity contribution in [2.45, 2.75) is 32.1 Å². The lowest BCUT2D eigenvalue weighted by Crippen LogP contribution is -2.15.